The van der Waals surface area contributed by atoms with E-state index in [4.69, 9.17) is 14.9 Å². The molecule has 0 aromatic carbocycles. The second kappa shape index (κ2) is 6.18. The number of hydrogen-bond donors (Lipinski definition) is 1. The lowest BCUT2D eigenvalue weighted by molar-refractivity contribution is -0.134. The van der Waals surface area contributed by atoms with Gasteiger partial charge in [0.1, 0.15) is 0 Å². The van der Waals surface area contributed by atoms with Crippen molar-refractivity contribution in [2.24, 2.45) is 0 Å². The molecule has 0 fully saturated rings. The normalized spacial score (nSPS) is 11.6. The van der Waals surface area contributed by atoms with E-state index in [0.717, 1.165) is 6.92 Å². The lowest BCUT2D eigenvalue weighted by atomic mass is 9.87. The molecule has 0 atom stereocenters. The first kappa shape index (κ1) is 17.6. The molecule has 1 aromatic rings. The van der Waals surface area contributed by atoms with Gasteiger partial charge in [0.25, 0.3) is 5.97 Å². The van der Waals surface area contributed by atoms with Crippen LogP contribution in [0.2, 0.25) is 0 Å². The van der Waals surface area contributed by atoms with Gasteiger partial charge in [-0.1, -0.05) is 41.5 Å². The Morgan fingerprint density at radius 3 is 1.47 bits per heavy atom. The Bertz CT molecular complexity index is 401. The topological polar surface area (TPSA) is 50.2 Å². The molecule has 0 aliphatic carbocycles. The largest absolute Gasteiger partial charge is 0.481 e. The van der Waals surface area contributed by atoms with Crippen molar-refractivity contribution in [3.8, 4) is 0 Å². The molecular weight excluding hydrogens is 238 g/mol. The highest BCUT2D eigenvalue weighted by molar-refractivity contribution is 5.62. The van der Waals surface area contributed by atoms with Gasteiger partial charge in [0, 0.05) is 29.1 Å². The van der Waals surface area contributed by atoms with Gasteiger partial charge in [0.05, 0.1) is 0 Å². The number of nitrogens with zero attached hydrogens (tertiary/aromatic N) is 1. The third kappa shape index (κ3) is 6.94. The van der Waals surface area contributed by atoms with Crippen molar-refractivity contribution in [1.29, 1.82) is 0 Å². The highest BCUT2D eigenvalue weighted by Crippen LogP contribution is 2.26. The number of carboxylic acid groups (broad SMARTS) is 1. The molecule has 1 N–H and O–H groups in total. The molecule has 0 aliphatic rings. The van der Waals surface area contributed by atoms with Gasteiger partial charge in [0.2, 0.25) is 0 Å². The van der Waals surface area contributed by atoms with Gasteiger partial charge in [-0.05, 0) is 24.6 Å². The smallest absolute Gasteiger partial charge is 0.300 e. The maximum absolute atomic E-state index is 9.00. The van der Waals surface area contributed by atoms with E-state index in [0.29, 0.717) is 0 Å². The van der Waals surface area contributed by atoms with E-state index in [1.54, 1.807) is 0 Å². The standard InChI is InChI=1S/C14H23N.C2H4O2/c1-10-8-11(13(2,3)4)15-12(9-10)14(5,6)7;1-2(3)4/h8-9H,1-7H3;1H3,(H,3,4). The third-order valence-corrected chi connectivity index (χ3v) is 2.51. The minimum Gasteiger partial charge on any atom is -0.481 e. The summed E-state index contributed by atoms with van der Waals surface area (Å²) in [7, 11) is 0. The summed E-state index contributed by atoms with van der Waals surface area (Å²) in [6, 6.07) is 4.38. The number of carbonyl (C=O) groups is 1. The first-order chi connectivity index (χ1) is 8.34. The average Bonchev–Trinajstić information content (AvgIpc) is 2.12. The maximum Gasteiger partial charge on any atom is 0.300 e. The summed E-state index contributed by atoms with van der Waals surface area (Å²) >= 11 is 0. The molecule has 3 heteroatoms. The Kier molecular flexibility index (Phi) is 5.73. The molecule has 0 aliphatic heterocycles. The number of aryl methyl sites for hydroxylation is 1. The first-order valence-electron chi connectivity index (χ1n) is 6.53. The number of rotatable bonds is 0. The molecule has 3 nitrogen and oxygen atoms in total. The van der Waals surface area contributed by atoms with Crippen LogP contribution < -0.4 is 0 Å². The fourth-order valence-electron chi connectivity index (χ4n) is 1.44. The predicted octanol–water partition coefficient (Wildman–Crippen LogP) is 4.08. The Morgan fingerprint density at radius 1 is 1.00 bits per heavy atom. The summed E-state index contributed by atoms with van der Waals surface area (Å²) in [4.78, 5) is 13.8. The van der Waals surface area contributed by atoms with E-state index in [2.05, 4.69) is 60.6 Å². The van der Waals surface area contributed by atoms with Crippen molar-refractivity contribution in [3.05, 3.63) is 29.1 Å². The van der Waals surface area contributed by atoms with Crippen molar-refractivity contribution in [3.63, 3.8) is 0 Å². The van der Waals surface area contributed by atoms with Gasteiger partial charge in [-0.2, -0.15) is 0 Å². The number of carboxylic acids is 1. The molecule has 0 spiro atoms. The van der Waals surface area contributed by atoms with Crippen LogP contribution in [0.1, 0.15) is 65.4 Å². The third-order valence-electron chi connectivity index (χ3n) is 2.51. The predicted molar refractivity (Wildman–Crippen MR) is 79.7 cm³/mol. The van der Waals surface area contributed by atoms with Crippen LogP contribution in [-0.4, -0.2) is 16.1 Å². The summed E-state index contributed by atoms with van der Waals surface area (Å²) in [6.45, 7) is 16.5. The summed E-state index contributed by atoms with van der Waals surface area (Å²) in [5.74, 6) is -0.833. The Morgan fingerprint density at radius 2 is 1.26 bits per heavy atom. The molecule has 1 aromatic heterocycles. The van der Waals surface area contributed by atoms with Crippen molar-refractivity contribution in [2.45, 2.75) is 66.2 Å². The minimum atomic E-state index is -0.833. The van der Waals surface area contributed by atoms with Crippen LogP contribution in [0.3, 0.4) is 0 Å². The maximum atomic E-state index is 9.00. The van der Waals surface area contributed by atoms with Crippen LogP contribution in [-0.2, 0) is 15.6 Å². The molecule has 108 valence electrons. The zero-order valence-electron chi connectivity index (χ0n) is 13.5. The van der Waals surface area contributed by atoms with Crippen molar-refractivity contribution < 1.29 is 9.90 Å². The SMILES string of the molecule is CC(=O)O.Cc1cc(C(C)(C)C)nc(C(C)(C)C)c1. The lowest BCUT2D eigenvalue weighted by Crippen LogP contribution is -2.20. The fraction of sp³-hybridized carbons (Fsp3) is 0.625. The molecule has 1 rings (SSSR count). The second-order valence-corrected chi connectivity index (χ2v) is 6.93. The van der Waals surface area contributed by atoms with E-state index in [-0.39, 0.29) is 10.8 Å². The quantitative estimate of drug-likeness (QED) is 0.769. The summed E-state index contributed by atoms with van der Waals surface area (Å²) < 4.78 is 0. The van der Waals surface area contributed by atoms with Crippen LogP contribution in [0, 0.1) is 6.92 Å². The zero-order chi connectivity index (χ0) is 15.4. The highest BCUT2D eigenvalue weighted by Gasteiger charge is 2.21. The van der Waals surface area contributed by atoms with E-state index in [9.17, 15) is 0 Å². The van der Waals surface area contributed by atoms with E-state index in [1.807, 2.05) is 0 Å². The number of aromatic nitrogens is 1. The van der Waals surface area contributed by atoms with Gasteiger partial charge in [-0.3, -0.25) is 9.78 Å². The number of aliphatic carboxylic acids is 1. The number of pyridine rings is 1. The zero-order valence-corrected chi connectivity index (χ0v) is 13.5. The molecule has 0 bridgehead atoms. The van der Waals surface area contributed by atoms with Gasteiger partial charge in [0.15, 0.2) is 0 Å². The summed E-state index contributed by atoms with van der Waals surface area (Å²) in [6.07, 6.45) is 0. The molecule has 0 amide bonds. The molecule has 19 heavy (non-hydrogen) atoms. The van der Waals surface area contributed by atoms with Gasteiger partial charge >= 0.3 is 0 Å². The highest BCUT2D eigenvalue weighted by atomic mass is 16.4. The fourth-order valence-corrected chi connectivity index (χ4v) is 1.44. The number of hydrogen-bond acceptors (Lipinski definition) is 2. The Balaban J connectivity index is 0.000000711. The lowest BCUT2D eigenvalue weighted by Gasteiger charge is -2.24. The summed E-state index contributed by atoms with van der Waals surface area (Å²) in [5, 5.41) is 7.42. The summed E-state index contributed by atoms with van der Waals surface area (Å²) in [5.41, 5.74) is 3.94. The van der Waals surface area contributed by atoms with E-state index < -0.39 is 5.97 Å². The van der Waals surface area contributed by atoms with Crippen molar-refractivity contribution in [1.82, 2.24) is 4.98 Å². The van der Waals surface area contributed by atoms with Crippen LogP contribution in [0.4, 0.5) is 0 Å². The van der Waals surface area contributed by atoms with Crippen molar-refractivity contribution in [2.75, 3.05) is 0 Å². The molecule has 0 radical (unpaired) electrons. The molecule has 0 saturated carbocycles. The van der Waals surface area contributed by atoms with Gasteiger partial charge in [-0.25, -0.2) is 0 Å². The molecule has 1 heterocycles. The monoisotopic (exact) mass is 265 g/mol. The van der Waals surface area contributed by atoms with E-state index >= 15 is 0 Å². The molecular formula is C16H27NO2. The molecule has 0 saturated heterocycles. The second-order valence-electron chi connectivity index (χ2n) is 6.93. The van der Waals surface area contributed by atoms with E-state index in [1.165, 1.54) is 17.0 Å². The Hall–Kier alpha value is -1.38. The van der Waals surface area contributed by atoms with Crippen LogP contribution >= 0.6 is 0 Å². The van der Waals surface area contributed by atoms with Crippen molar-refractivity contribution >= 4 is 5.97 Å². The van der Waals surface area contributed by atoms with Gasteiger partial charge in [-0.15, -0.1) is 0 Å². The van der Waals surface area contributed by atoms with Crippen LogP contribution in [0.15, 0.2) is 12.1 Å². The first-order valence-corrected chi connectivity index (χ1v) is 6.53. The Labute approximate surface area is 117 Å². The minimum absolute atomic E-state index is 0.131. The van der Waals surface area contributed by atoms with Crippen LogP contribution in [0.25, 0.3) is 0 Å². The molecule has 0 unspecified atom stereocenters. The van der Waals surface area contributed by atoms with Crippen LogP contribution in [0.5, 0.6) is 0 Å². The average molecular weight is 265 g/mol. The van der Waals surface area contributed by atoms with Gasteiger partial charge < -0.3 is 5.11 Å².